The van der Waals surface area contributed by atoms with E-state index in [1.165, 1.54) is 0 Å². The van der Waals surface area contributed by atoms with Gasteiger partial charge in [0.2, 0.25) is 0 Å². The Hall–Kier alpha value is -6.72. The Morgan fingerprint density at radius 1 is 0.569 bits per heavy atom. The molecule has 1 aromatic heterocycles. The van der Waals surface area contributed by atoms with Gasteiger partial charge in [-0.3, -0.25) is 0 Å². The molecule has 5 heteroatoms. The molecule has 10 rings (SSSR count). The highest BCUT2D eigenvalue weighted by Crippen LogP contribution is 2.44. The van der Waals surface area contributed by atoms with E-state index in [2.05, 4.69) is 150 Å². The van der Waals surface area contributed by atoms with E-state index in [0.29, 0.717) is 5.84 Å². The second-order valence-electron chi connectivity index (χ2n) is 13.0. The van der Waals surface area contributed by atoms with Gasteiger partial charge in [-0.15, -0.1) is 0 Å². The fraction of sp³-hybridized carbons (Fsp3) is 0.0435. The topological polar surface area (TPSA) is 61.9 Å². The number of anilines is 1. The summed E-state index contributed by atoms with van der Waals surface area (Å²) in [6.45, 7) is 0.811. The number of amidine groups is 2. The molecule has 7 aromatic carbocycles. The highest BCUT2D eigenvalue weighted by atomic mass is 16.3. The molecule has 2 N–H and O–H groups in total. The van der Waals surface area contributed by atoms with Crippen molar-refractivity contribution in [3.8, 4) is 22.3 Å². The SMILES string of the molecule is C1=Cc2cc3oc4cc(-c5ccccc5)cc(-c5ccc(C6=NC(c7ccccc7)=NC(c7ccccc7)N6)c6ccccc56)c4c3cc2NC1. The second kappa shape index (κ2) is 12.0. The Kier molecular flexibility index (Phi) is 6.88. The van der Waals surface area contributed by atoms with Crippen LogP contribution in [0.4, 0.5) is 5.69 Å². The molecule has 0 fully saturated rings. The molecule has 0 aliphatic carbocycles. The van der Waals surface area contributed by atoms with Crippen LogP contribution in [-0.2, 0) is 0 Å². The molecule has 5 nitrogen and oxygen atoms in total. The lowest BCUT2D eigenvalue weighted by Crippen LogP contribution is -2.33. The highest BCUT2D eigenvalue weighted by molar-refractivity contribution is 6.21. The van der Waals surface area contributed by atoms with Crippen LogP contribution in [-0.4, -0.2) is 18.2 Å². The Morgan fingerprint density at radius 3 is 2.04 bits per heavy atom. The van der Waals surface area contributed by atoms with Gasteiger partial charge in [0.15, 0.2) is 5.84 Å². The molecule has 51 heavy (non-hydrogen) atoms. The van der Waals surface area contributed by atoms with Gasteiger partial charge < -0.3 is 15.1 Å². The van der Waals surface area contributed by atoms with Crippen molar-refractivity contribution in [2.45, 2.75) is 6.17 Å². The zero-order valence-corrected chi connectivity index (χ0v) is 27.7. The molecular weight excluding hydrogens is 625 g/mol. The van der Waals surface area contributed by atoms with Crippen molar-refractivity contribution < 1.29 is 4.42 Å². The minimum atomic E-state index is -0.277. The summed E-state index contributed by atoms with van der Waals surface area (Å²) in [4.78, 5) is 10.2. The van der Waals surface area contributed by atoms with Crippen LogP contribution in [0, 0.1) is 0 Å². The molecule has 242 valence electrons. The molecule has 0 radical (unpaired) electrons. The monoisotopic (exact) mass is 656 g/mol. The summed E-state index contributed by atoms with van der Waals surface area (Å²) in [5.41, 5.74) is 11.6. The van der Waals surface area contributed by atoms with E-state index < -0.39 is 0 Å². The second-order valence-corrected chi connectivity index (χ2v) is 13.0. The lowest BCUT2D eigenvalue weighted by atomic mass is 9.89. The third-order valence-electron chi connectivity index (χ3n) is 9.92. The normalized spacial score (nSPS) is 15.3. The van der Waals surface area contributed by atoms with Crippen LogP contribution in [0.1, 0.15) is 28.4 Å². The molecule has 1 unspecified atom stereocenters. The van der Waals surface area contributed by atoms with Crippen LogP contribution in [0.25, 0.3) is 61.0 Å². The van der Waals surface area contributed by atoms with E-state index >= 15 is 0 Å². The highest BCUT2D eigenvalue weighted by Gasteiger charge is 2.24. The number of fused-ring (bicyclic) bond motifs is 5. The van der Waals surface area contributed by atoms with Crippen LogP contribution < -0.4 is 10.6 Å². The zero-order valence-electron chi connectivity index (χ0n) is 27.7. The summed E-state index contributed by atoms with van der Waals surface area (Å²) in [7, 11) is 0. The van der Waals surface area contributed by atoms with Crippen LogP contribution >= 0.6 is 0 Å². The number of rotatable bonds is 5. The molecule has 0 bridgehead atoms. The summed E-state index contributed by atoms with van der Waals surface area (Å²) in [6.07, 6.45) is 4.03. The summed E-state index contributed by atoms with van der Waals surface area (Å²) in [5, 5.41) is 11.7. The largest absolute Gasteiger partial charge is 0.456 e. The fourth-order valence-electron chi connectivity index (χ4n) is 7.47. The first-order chi connectivity index (χ1) is 25.3. The van der Waals surface area contributed by atoms with Gasteiger partial charge in [0.05, 0.1) is 0 Å². The number of furan rings is 1. The van der Waals surface area contributed by atoms with Gasteiger partial charge in [-0.05, 0) is 62.9 Å². The molecule has 2 aliphatic heterocycles. The first-order valence-electron chi connectivity index (χ1n) is 17.3. The van der Waals surface area contributed by atoms with Crippen molar-refractivity contribution in [2.24, 2.45) is 9.98 Å². The maximum absolute atomic E-state index is 6.68. The molecule has 3 heterocycles. The summed E-state index contributed by atoms with van der Waals surface area (Å²) in [6, 6.07) is 53.1. The quantitative estimate of drug-likeness (QED) is 0.194. The molecule has 8 aromatic rings. The number of hydrogen-bond donors (Lipinski definition) is 2. The number of hydrogen-bond acceptors (Lipinski definition) is 5. The number of nitrogens with zero attached hydrogens (tertiary/aromatic N) is 2. The molecule has 0 amide bonds. The van der Waals surface area contributed by atoms with Gasteiger partial charge in [-0.1, -0.05) is 140 Å². The van der Waals surface area contributed by atoms with Crippen molar-refractivity contribution in [3.05, 3.63) is 180 Å². The Balaban J connectivity index is 1.19. The maximum atomic E-state index is 6.68. The minimum Gasteiger partial charge on any atom is -0.456 e. The molecule has 0 spiro atoms. The van der Waals surface area contributed by atoms with Gasteiger partial charge in [0, 0.05) is 39.7 Å². The van der Waals surface area contributed by atoms with Crippen molar-refractivity contribution in [1.29, 1.82) is 0 Å². The van der Waals surface area contributed by atoms with E-state index in [9.17, 15) is 0 Å². The summed E-state index contributed by atoms with van der Waals surface area (Å²) >= 11 is 0. The summed E-state index contributed by atoms with van der Waals surface area (Å²) < 4.78 is 6.68. The molecule has 1 atom stereocenters. The van der Waals surface area contributed by atoms with Gasteiger partial charge in [-0.25, -0.2) is 9.98 Å². The van der Waals surface area contributed by atoms with Crippen molar-refractivity contribution in [1.82, 2.24) is 5.32 Å². The third-order valence-corrected chi connectivity index (χ3v) is 9.92. The number of nitrogens with one attached hydrogen (secondary N) is 2. The zero-order chi connectivity index (χ0) is 33.7. The molecule has 0 saturated heterocycles. The predicted octanol–water partition coefficient (Wildman–Crippen LogP) is 11.0. The molecular formula is C46H32N4O. The number of aliphatic imine (C=N–C) groups is 2. The predicted molar refractivity (Wildman–Crippen MR) is 211 cm³/mol. The van der Waals surface area contributed by atoms with Crippen LogP contribution in [0.5, 0.6) is 0 Å². The van der Waals surface area contributed by atoms with E-state index in [-0.39, 0.29) is 6.17 Å². The van der Waals surface area contributed by atoms with Crippen LogP contribution in [0.2, 0.25) is 0 Å². The van der Waals surface area contributed by atoms with E-state index in [0.717, 1.165) is 95.3 Å². The van der Waals surface area contributed by atoms with Crippen molar-refractivity contribution in [3.63, 3.8) is 0 Å². The fourth-order valence-corrected chi connectivity index (χ4v) is 7.47. The van der Waals surface area contributed by atoms with Crippen LogP contribution in [0.15, 0.2) is 172 Å². The Bertz CT molecular complexity index is 2710. The average Bonchev–Trinajstić information content (AvgIpc) is 3.57. The van der Waals surface area contributed by atoms with E-state index in [1.54, 1.807) is 0 Å². The third kappa shape index (κ3) is 5.10. The number of benzene rings is 7. The maximum Gasteiger partial charge on any atom is 0.159 e. The molecule has 2 aliphatic rings. The van der Waals surface area contributed by atoms with Gasteiger partial charge in [0.25, 0.3) is 0 Å². The van der Waals surface area contributed by atoms with E-state index in [4.69, 9.17) is 14.4 Å². The van der Waals surface area contributed by atoms with Crippen molar-refractivity contribution in [2.75, 3.05) is 11.9 Å². The lowest BCUT2D eigenvalue weighted by molar-refractivity contribution is 0.669. The Labute approximate surface area is 295 Å². The average molecular weight is 657 g/mol. The molecule has 0 saturated carbocycles. The first-order valence-corrected chi connectivity index (χ1v) is 17.3. The minimum absolute atomic E-state index is 0.277. The smallest absolute Gasteiger partial charge is 0.159 e. The van der Waals surface area contributed by atoms with Crippen molar-refractivity contribution >= 4 is 56.1 Å². The van der Waals surface area contributed by atoms with Gasteiger partial charge in [-0.2, -0.15) is 0 Å². The first kappa shape index (κ1) is 29.2. The van der Waals surface area contributed by atoms with Gasteiger partial charge in [0.1, 0.15) is 23.2 Å². The van der Waals surface area contributed by atoms with Gasteiger partial charge >= 0.3 is 0 Å². The van der Waals surface area contributed by atoms with E-state index in [1.807, 2.05) is 24.3 Å². The lowest BCUT2D eigenvalue weighted by Gasteiger charge is -2.24. The summed E-state index contributed by atoms with van der Waals surface area (Å²) in [5.74, 6) is 1.50. The standard InChI is InChI=1S/C46H32N4O/c1-4-13-29(14-5-1)33-25-38(43-39-28-40-32(19-12-24-47-40)26-41(39)51-42(43)27-33)36-22-23-37(35-21-11-10-20-34(35)36)46-49-44(30-15-6-2-7-16-30)48-45(50-46)31-17-8-3-9-18-31/h1-23,25-28,44,47H,24H2,(H,48,49,50). The van der Waals surface area contributed by atoms with Crippen LogP contribution in [0.3, 0.4) is 0 Å². The Morgan fingerprint density at radius 2 is 1.25 bits per heavy atom.